The van der Waals surface area contributed by atoms with E-state index in [0.29, 0.717) is 5.92 Å². The van der Waals surface area contributed by atoms with Crippen LogP contribution in [0.4, 0.5) is 0 Å². The van der Waals surface area contributed by atoms with E-state index in [1.165, 1.54) is 10.8 Å². The fraction of sp³-hybridized carbons (Fsp3) is 0.316. The molecule has 0 heterocycles. The number of hydrogen-bond acceptors (Lipinski definition) is 0. The Morgan fingerprint density at radius 2 is 1.90 bits per heavy atom. The fourth-order valence-electron chi connectivity index (χ4n) is 2.47. The molecular formula is C19H26Si. The number of allylic oxidation sites excluding steroid dienone is 4. The molecule has 0 aromatic heterocycles. The van der Waals surface area contributed by atoms with E-state index in [-0.39, 0.29) is 0 Å². The molecule has 1 aromatic rings. The average molecular weight is 283 g/mol. The van der Waals surface area contributed by atoms with Crippen LogP contribution in [0.15, 0.2) is 72.6 Å². The first-order valence-electron chi connectivity index (χ1n) is 7.22. The van der Waals surface area contributed by atoms with Gasteiger partial charge in [0.15, 0.2) is 0 Å². The second-order valence-electron chi connectivity index (χ2n) is 6.09. The smallest absolute Gasteiger partial charge is 0.0831 e. The molecule has 0 unspecified atom stereocenters. The van der Waals surface area contributed by atoms with Crippen molar-refractivity contribution in [1.29, 1.82) is 0 Å². The molecule has 0 N–H and O–H groups in total. The summed E-state index contributed by atoms with van der Waals surface area (Å²) in [5, 5.41) is 1.41. The summed E-state index contributed by atoms with van der Waals surface area (Å²) in [6.45, 7) is 14.8. The van der Waals surface area contributed by atoms with Crippen LogP contribution in [0, 0.1) is 5.92 Å². The molecule has 20 heavy (non-hydrogen) atoms. The number of rotatable bonds is 7. The zero-order chi connectivity index (χ0) is 15.0. The Kier molecular flexibility index (Phi) is 6.50. The monoisotopic (exact) mass is 282 g/mol. The van der Waals surface area contributed by atoms with Gasteiger partial charge in [0, 0.05) is 5.92 Å². The number of hydrogen-bond donors (Lipinski definition) is 0. The molecule has 0 saturated carbocycles. The lowest BCUT2D eigenvalue weighted by Crippen LogP contribution is -2.28. The van der Waals surface area contributed by atoms with Crippen LogP contribution in [-0.4, -0.2) is 8.07 Å². The van der Waals surface area contributed by atoms with Crippen molar-refractivity contribution in [2.75, 3.05) is 0 Å². The maximum absolute atomic E-state index is 3.92. The minimum absolute atomic E-state index is 0.428. The van der Waals surface area contributed by atoms with Crippen LogP contribution in [0.25, 0.3) is 0 Å². The summed E-state index contributed by atoms with van der Waals surface area (Å²) in [6, 6.07) is 10.7. The fourth-order valence-corrected chi connectivity index (χ4v) is 4.35. The Labute approximate surface area is 125 Å². The van der Waals surface area contributed by atoms with Crippen LogP contribution in [0.3, 0.4) is 0 Å². The summed E-state index contributed by atoms with van der Waals surface area (Å²) >= 11 is 0. The van der Waals surface area contributed by atoms with Gasteiger partial charge < -0.3 is 0 Å². The average Bonchev–Trinajstić information content (AvgIpc) is 2.41. The van der Waals surface area contributed by atoms with Crippen LogP contribution in [0.1, 0.15) is 12.0 Å². The number of aryl methyl sites for hydroxylation is 1. The molecule has 1 aromatic carbocycles. The first kappa shape index (κ1) is 16.5. The number of benzene rings is 1. The Hall–Kier alpha value is -1.56. The molecule has 0 spiro atoms. The summed E-state index contributed by atoms with van der Waals surface area (Å²) < 4.78 is 0. The van der Waals surface area contributed by atoms with Crippen molar-refractivity contribution < 1.29 is 0 Å². The molecule has 0 radical (unpaired) electrons. The molecule has 1 heteroatoms. The predicted molar refractivity (Wildman–Crippen MR) is 93.6 cm³/mol. The molecule has 0 amide bonds. The molecule has 106 valence electrons. The first-order valence-corrected chi connectivity index (χ1v) is 10.7. The molecular weight excluding hydrogens is 256 g/mol. The van der Waals surface area contributed by atoms with Gasteiger partial charge in [0.1, 0.15) is 0 Å². The summed E-state index contributed by atoms with van der Waals surface area (Å²) in [7, 11) is -1.38. The third-order valence-electron chi connectivity index (χ3n) is 3.44. The Morgan fingerprint density at radius 3 is 2.40 bits per heavy atom. The lowest BCUT2D eigenvalue weighted by atomic mass is 9.98. The van der Waals surface area contributed by atoms with E-state index >= 15 is 0 Å². The van der Waals surface area contributed by atoms with Gasteiger partial charge in [-0.2, -0.15) is 0 Å². The van der Waals surface area contributed by atoms with E-state index in [1.54, 1.807) is 0 Å². The van der Waals surface area contributed by atoms with Gasteiger partial charge in [-0.15, -0.1) is 5.73 Å². The Bertz CT molecular complexity index is 496. The van der Waals surface area contributed by atoms with Crippen molar-refractivity contribution in [3.63, 3.8) is 0 Å². The maximum Gasteiger partial charge on any atom is 0.0831 e. The van der Waals surface area contributed by atoms with Crippen molar-refractivity contribution in [3.05, 3.63) is 78.2 Å². The largest absolute Gasteiger partial charge is 0.133 e. The SMILES string of the molecule is C=C=C([C@H](/C=C/C=C)CCc1ccccc1)[Si](C)(C)C. The van der Waals surface area contributed by atoms with Gasteiger partial charge in [0.05, 0.1) is 8.07 Å². The van der Waals surface area contributed by atoms with Crippen molar-refractivity contribution in [1.82, 2.24) is 0 Å². The third-order valence-corrected chi connectivity index (χ3v) is 5.60. The minimum atomic E-state index is -1.38. The third kappa shape index (κ3) is 5.20. The topological polar surface area (TPSA) is 0 Å². The van der Waals surface area contributed by atoms with Crippen LogP contribution < -0.4 is 0 Å². The standard InChI is InChI=1S/C19H26Si/c1-6-8-14-18(19(7-2)20(3,4)5)16-15-17-12-10-9-11-13-17/h6,8-14,18H,1-2,15-16H2,3-5H3/b14-8+/t18-/m1/s1. The van der Waals surface area contributed by atoms with Gasteiger partial charge in [-0.05, 0) is 23.6 Å². The highest BCUT2D eigenvalue weighted by molar-refractivity contribution is 6.83. The van der Waals surface area contributed by atoms with Gasteiger partial charge in [-0.25, -0.2) is 0 Å². The second kappa shape index (κ2) is 7.89. The molecule has 0 fully saturated rings. The Balaban J connectivity index is 2.87. The molecule has 0 aliphatic heterocycles. The van der Waals surface area contributed by atoms with Crippen LogP contribution in [-0.2, 0) is 6.42 Å². The lowest BCUT2D eigenvalue weighted by Gasteiger charge is -2.25. The van der Waals surface area contributed by atoms with Crippen molar-refractivity contribution in [2.45, 2.75) is 32.5 Å². The van der Waals surface area contributed by atoms with Crippen LogP contribution in [0.5, 0.6) is 0 Å². The van der Waals surface area contributed by atoms with Gasteiger partial charge in [-0.3, -0.25) is 0 Å². The predicted octanol–water partition coefficient (Wildman–Crippen LogP) is 5.57. The van der Waals surface area contributed by atoms with Crippen LogP contribution in [0.2, 0.25) is 19.6 Å². The van der Waals surface area contributed by atoms with Gasteiger partial charge in [0.2, 0.25) is 0 Å². The van der Waals surface area contributed by atoms with Gasteiger partial charge in [0.25, 0.3) is 0 Å². The van der Waals surface area contributed by atoms with Crippen molar-refractivity contribution >= 4 is 8.07 Å². The summed E-state index contributed by atoms with van der Waals surface area (Å²) in [5.41, 5.74) is 4.62. The van der Waals surface area contributed by atoms with Gasteiger partial charge in [-0.1, -0.05) is 81.4 Å². The quantitative estimate of drug-likeness (QED) is 0.348. The zero-order valence-electron chi connectivity index (χ0n) is 13.0. The zero-order valence-corrected chi connectivity index (χ0v) is 14.0. The molecule has 0 aliphatic carbocycles. The molecule has 1 rings (SSSR count). The first-order chi connectivity index (χ1) is 9.49. The molecule has 0 aliphatic rings. The lowest BCUT2D eigenvalue weighted by molar-refractivity contribution is 0.693. The summed E-state index contributed by atoms with van der Waals surface area (Å²) in [5.74, 6) is 0.428. The molecule has 1 atom stereocenters. The van der Waals surface area contributed by atoms with E-state index in [0.717, 1.165) is 12.8 Å². The van der Waals surface area contributed by atoms with Crippen molar-refractivity contribution in [2.24, 2.45) is 5.92 Å². The van der Waals surface area contributed by atoms with E-state index in [4.69, 9.17) is 0 Å². The van der Waals surface area contributed by atoms with E-state index in [1.807, 2.05) is 12.2 Å². The van der Waals surface area contributed by atoms with Crippen molar-refractivity contribution in [3.8, 4) is 0 Å². The summed E-state index contributed by atoms with van der Waals surface area (Å²) in [6.07, 6.45) is 8.34. The maximum atomic E-state index is 3.92. The summed E-state index contributed by atoms with van der Waals surface area (Å²) in [4.78, 5) is 0. The van der Waals surface area contributed by atoms with Gasteiger partial charge >= 0.3 is 0 Å². The van der Waals surface area contributed by atoms with Crippen LogP contribution >= 0.6 is 0 Å². The normalized spacial score (nSPS) is 12.9. The highest BCUT2D eigenvalue weighted by atomic mass is 28.3. The van der Waals surface area contributed by atoms with E-state index in [2.05, 4.69) is 74.9 Å². The highest BCUT2D eigenvalue weighted by Crippen LogP contribution is 2.27. The highest BCUT2D eigenvalue weighted by Gasteiger charge is 2.25. The van der Waals surface area contributed by atoms with E-state index in [9.17, 15) is 0 Å². The van der Waals surface area contributed by atoms with E-state index < -0.39 is 8.07 Å². The second-order valence-corrected chi connectivity index (χ2v) is 11.1. The molecule has 0 saturated heterocycles. The molecule has 0 bridgehead atoms. The minimum Gasteiger partial charge on any atom is -0.133 e. The Morgan fingerprint density at radius 1 is 1.25 bits per heavy atom. The molecule has 0 nitrogen and oxygen atoms in total.